The van der Waals surface area contributed by atoms with Gasteiger partial charge in [0.15, 0.2) is 5.82 Å². The maximum atomic E-state index is 5.25. The van der Waals surface area contributed by atoms with Crippen molar-refractivity contribution >= 4 is 61.7 Å². The molecule has 3 aromatic heterocycles. The third-order valence-corrected chi connectivity index (χ3v) is 15.3. The van der Waals surface area contributed by atoms with Gasteiger partial charge >= 0.3 is 0 Å². The summed E-state index contributed by atoms with van der Waals surface area (Å²) in [4.78, 5) is 10.5. The van der Waals surface area contributed by atoms with Crippen LogP contribution in [0.5, 0.6) is 0 Å². The smallest absolute Gasteiger partial charge is 0.160 e. The number of nitrogens with zero attached hydrogens (tertiary/aromatic N) is 4. The van der Waals surface area contributed by atoms with Crippen LogP contribution >= 0.6 is 0 Å². The summed E-state index contributed by atoms with van der Waals surface area (Å²) in [6, 6.07) is 43.1. The van der Waals surface area contributed by atoms with Crippen LogP contribution in [0.1, 0.15) is 82.2 Å². The predicted octanol–water partition coefficient (Wildman–Crippen LogP) is 14.3. The molecule has 0 N–H and O–H groups in total. The first-order chi connectivity index (χ1) is 32.4. The molecule has 13 rings (SSSR count). The number of benzene rings is 5. The fraction of sp³-hybridized carbons (Fsp3) is 0.194. The van der Waals surface area contributed by atoms with Crippen LogP contribution in [0.3, 0.4) is 0 Å². The molecule has 3 heterocycles. The molecule has 8 aromatic rings. The van der Waals surface area contributed by atoms with Crippen LogP contribution in [-0.2, 0) is 5.41 Å². The molecule has 0 amide bonds. The van der Waals surface area contributed by atoms with Gasteiger partial charge in [0.25, 0.3) is 0 Å². The lowest BCUT2D eigenvalue weighted by Crippen LogP contribution is -2.34. The third kappa shape index (κ3) is 6.11. The minimum absolute atomic E-state index is 0.156. The van der Waals surface area contributed by atoms with Crippen LogP contribution in [-0.4, -0.2) is 19.1 Å². The maximum absolute atomic E-state index is 5.25. The fourth-order valence-corrected chi connectivity index (χ4v) is 11.9. The Morgan fingerprint density at radius 2 is 1.39 bits per heavy atom. The first kappa shape index (κ1) is 39.1. The van der Waals surface area contributed by atoms with E-state index in [2.05, 4.69) is 206 Å². The van der Waals surface area contributed by atoms with Crippen LogP contribution in [0, 0.1) is 5.92 Å². The summed E-state index contributed by atoms with van der Waals surface area (Å²) in [6.07, 6.45) is 29.5. The lowest BCUT2D eigenvalue weighted by Gasteiger charge is -2.30. The van der Waals surface area contributed by atoms with Gasteiger partial charge in [-0.1, -0.05) is 148 Å². The zero-order chi connectivity index (χ0) is 44.1. The normalized spacial score (nSPS) is 19.4. The van der Waals surface area contributed by atoms with Gasteiger partial charge in [-0.2, -0.15) is 0 Å². The molecule has 0 saturated carbocycles. The molecule has 66 heavy (non-hydrogen) atoms. The Labute approximate surface area is 386 Å². The molecule has 5 aliphatic rings. The molecule has 4 heteroatoms. The highest BCUT2D eigenvalue weighted by Gasteiger charge is 2.40. The van der Waals surface area contributed by atoms with Crippen molar-refractivity contribution in [2.45, 2.75) is 70.8 Å². The Kier molecular flexibility index (Phi) is 8.97. The Morgan fingerprint density at radius 3 is 2.24 bits per heavy atom. The molecule has 0 spiro atoms. The third-order valence-electron chi connectivity index (χ3n) is 15.3. The van der Waals surface area contributed by atoms with Crippen LogP contribution < -0.4 is 10.6 Å². The molecule has 5 aliphatic carbocycles. The molecule has 5 aromatic carbocycles. The highest BCUT2D eigenvalue weighted by Crippen LogP contribution is 2.52. The van der Waals surface area contributed by atoms with Crippen LogP contribution in [0.15, 0.2) is 169 Å². The first-order valence-electron chi connectivity index (χ1n) is 24.0. The molecule has 0 fully saturated rings. The van der Waals surface area contributed by atoms with Crippen molar-refractivity contribution in [2.24, 2.45) is 5.92 Å². The molecule has 0 aliphatic heterocycles. The number of para-hydroxylation sites is 1. The van der Waals surface area contributed by atoms with E-state index in [4.69, 9.17) is 9.97 Å². The van der Waals surface area contributed by atoms with Crippen LogP contribution in [0.2, 0.25) is 0 Å². The highest BCUT2D eigenvalue weighted by atomic mass is 15.0. The molecule has 2 unspecified atom stereocenters. The Hall–Kier alpha value is -7.30. The number of hydrogen-bond acceptors (Lipinski definition) is 2. The molecule has 320 valence electrons. The van der Waals surface area contributed by atoms with Crippen molar-refractivity contribution in [1.29, 1.82) is 0 Å². The second-order valence-corrected chi connectivity index (χ2v) is 19.5. The summed E-state index contributed by atoms with van der Waals surface area (Å²) in [6.45, 7) is 7.19. The van der Waals surface area contributed by atoms with E-state index in [9.17, 15) is 0 Å². The van der Waals surface area contributed by atoms with Crippen molar-refractivity contribution in [2.75, 3.05) is 0 Å². The first-order valence-corrected chi connectivity index (χ1v) is 24.0. The summed E-state index contributed by atoms with van der Waals surface area (Å²) < 4.78 is 5.15. The maximum Gasteiger partial charge on any atom is 0.160 e. The highest BCUT2D eigenvalue weighted by molar-refractivity contribution is 6.11. The van der Waals surface area contributed by atoms with Crippen molar-refractivity contribution in [1.82, 2.24) is 19.1 Å². The Balaban J connectivity index is 0.857. The van der Waals surface area contributed by atoms with E-state index in [-0.39, 0.29) is 11.5 Å². The van der Waals surface area contributed by atoms with Gasteiger partial charge in [-0.15, -0.1) is 0 Å². The Bertz CT molecular complexity index is 3690. The van der Waals surface area contributed by atoms with E-state index in [0.717, 1.165) is 66.9 Å². The molecule has 2 atom stereocenters. The van der Waals surface area contributed by atoms with Crippen molar-refractivity contribution in [3.05, 3.63) is 197 Å². The summed E-state index contributed by atoms with van der Waals surface area (Å²) in [5.41, 5.74) is 18.6. The lowest BCUT2D eigenvalue weighted by atomic mass is 9.77. The Morgan fingerprint density at radius 1 is 0.636 bits per heavy atom. The molecule has 0 saturated heterocycles. The monoisotopic (exact) mass is 852 g/mol. The second kappa shape index (κ2) is 15.1. The van der Waals surface area contributed by atoms with E-state index in [0.29, 0.717) is 5.92 Å². The van der Waals surface area contributed by atoms with Crippen molar-refractivity contribution < 1.29 is 0 Å². The number of fused-ring (bicyclic) bond motifs is 8. The SMILES string of the molecule is CC1CC=CC=C1n1c2ccccc2c2cc(-c3ccc4c(c3)c3c(n4C4C=CC5=C(C4)C(C)(C)c4cc(-c6nc(C7=CC=CCC7)cc(-c7ccccc7)n6)ccc45)=CCCC=3)ccc21. The summed E-state index contributed by atoms with van der Waals surface area (Å²) >= 11 is 0. The number of aromatic nitrogens is 4. The zero-order valence-electron chi connectivity index (χ0n) is 37.9. The average Bonchev–Trinajstić information content (AvgIpc) is 3.96. The number of hydrogen-bond donors (Lipinski definition) is 0. The summed E-state index contributed by atoms with van der Waals surface area (Å²) in [7, 11) is 0. The minimum Gasteiger partial charge on any atom is -0.333 e. The topological polar surface area (TPSA) is 35.6 Å². The molecule has 4 nitrogen and oxygen atoms in total. The van der Waals surface area contributed by atoms with E-state index in [1.54, 1.807) is 0 Å². The van der Waals surface area contributed by atoms with E-state index < -0.39 is 0 Å². The standard InChI is InChI=1S/C62H52N4/c1-39-16-10-13-23-56(39)66-58-25-15-12-22-49(58)51-35-43(28-33-60(51)66)42-27-32-59-50(34-42)48-21-11-14-24-57(48)65(59)45-29-31-47-46-30-26-44(36-52(46)62(2,3)53(47)37-45)61-63-54(40-17-6-4-7-18-40)38-55(64-61)41-19-8-5-9-20-41/h4-8,10,12-13,15,17-19,21-36,38-39,45H,9,11,14,16,20,37H2,1-3H3. The minimum atomic E-state index is -0.156. The number of allylic oxidation sites excluding steroid dienone is 12. The largest absolute Gasteiger partial charge is 0.333 e. The van der Waals surface area contributed by atoms with Crippen molar-refractivity contribution in [3.8, 4) is 33.8 Å². The fourth-order valence-electron chi connectivity index (χ4n) is 11.9. The summed E-state index contributed by atoms with van der Waals surface area (Å²) in [5, 5.41) is 6.70. The molecular formula is C62H52N4. The van der Waals surface area contributed by atoms with Gasteiger partial charge in [-0.05, 0) is 126 Å². The number of rotatable bonds is 6. The molecule has 0 bridgehead atoms. The van der Waals surface area contributed by atoms with Gasteiger partial charge in [0, 0.05) is 60.4 Å². The van der Waals surface area contributed by atoms with Gasteiger partial charge in [-0.25, -0.2) is 9.97 Å². The van der Waals surface area contributed by atoms with Gasteiger partial charge in [0.2, 0.25) is 0 Å². The van der Waals surface area contributed by atoms with E-state index in [1.807, 2.05) is 0 Å². The quantitative estimate of drug-likeness (QED) is 0.167. The van der Waals surface area contributed by atoms with Crippen LogP contribution in [0.4, 0.5) is 0 Å². The van der Waals surface area contributed by atoms with E-state index >= 15 is 0 Å². The molecular weight excluding hydrogens is 801 g/mol. The summed E-state index contributed by atoms with van der Waals surface area (Å²) in [5.74, 6) is 1.25. The lowest BCUT2D eigenvalue weighted by molar-refractivity contribution is 0.530. The van der Waals surface area contributed by atoms with Gasteiger partial charge in [0.1, 0.15) is 0 Å². The molecule has 0 radical (unpaired) electrons. The van der Waals surface area contributed by atoms with Crippen LogP contribution in [0.25, 0.3) is 95.5 Å². The van der Waals surface area contributed by atoms with Gasteiger partial charge in [0.05, 0.1) is 28.5 Å². The zero-order valence-corrected chi connectivity index (χ0v) is 37.9. The van der Waals surface area contributed by atoms with Gasteiger partial charge in [-0.3, -0.25) is 0 Å². The van der Waals surface area contributed by atoms with Crippen molar-refractivity contribution in [3.63, 3.8) is 0 Å². The average molecular weight is 853 g/mol. The second-order valence-electron chi connectivity index (χ2n) is 19.5. The predicted molar refractivity (Wildman–Crippen MR) is 277 cm³/mol. The van der Waals surface area contributed by atoms with Gasteiger partial charge < -0.3 is 9.13 Å². The van der Waals surface area contributed by atoms with E-state index in [1.165, 1.54) is 87.9 Å².